The van der Waals surface area contributed by atoms with Gasteiger partial charge in [0.2, 0.25) is 17.6 Å². The number of aryl methyl sites for hydroxylation is 1. The van der Waals surface area contributed by atoms with E-state index in [2.05, 4.69) is 20.4 Å². The molecule has 0 spiro atoms. The van der Waals surface area contributed by atoms with Gasteiger partial charge in [0.25, 0.3) is 0 Å². The van der Waals surface area contributed by atoms with E-state index in [4.69, 9.17) is 9.26 Å². The van der Waals surface area contributed by atoms with Gasteiger partial charge in [0.05, 0.1) is 13.2 Å². The van der Waals surface area contributed by atoms with Crippen LogP contribution in [0.4, 0.5) is 5.69 Å². The summed E-state index contributed by atoms with van der Waals surface area (Å²) in [6.07, 6.45) is 1.61. The minimum absolute atomic E-state index is 0.00744. The molecule has 3 aromatic rings. The molecule has 2 aromatic carbocycles. The second-order valence-electron chi connectivity index (χ2n) is 7.82. The average molecular weight is 421 g/mol. The van der Waals surface area contributed by atoms with Gasteiger partial charge in [0, 0.05) is 17.2 Å². The zero-order chi connectivity index (χ0) is 21.6. The first-order valence-electron chi connectivity index (χ1n) is 10.8. The average Bonchev–Trinajstić information content (AvgIpc) is 3.24. The molecular weight excluding hydrogens is 392 g/mol. The Morgan fingerprint density at radius 3 is 2.61 bits per heavy atom. The number of hydrogen-bond donors (Lipinski definition) is 1. The number of ether oxygens (including phenoxy) is 1. The fraction of sp³-hybridized carbons (Fsp3) is 0.375. The lowest BCUT2D eigenvalue weighted by atomic mass is 9.96. The second kappa shape index (κ2) is 9.75. The SMILES string of the molecule is CCOc1ccc(NC(=O)C2CCN(Cc3nc(-c4ccccc4C)no3)CC2)cc1. The molecule has 1 fully saturated rings. The quantitative estimate of drug-likeness (QED) is 0.614. The Morgan fingerprint density at radius 2 is 1.90 bits per heavy atom. The van der Waals surface area contributed by atoms with Gasteiger partial charge >= 0.3 is 0 Å². The minimum Gasteiger partial charge on any atom is -0.494 e. The highest BCUT2D eigenvalue weighted by Crippen LogP contribution is 2.23. The molecule has 1 aromatic heterocycles. The number of aromatic nitrogens is 2. The second-order valence-corrected chi connectivity index (χ2v) is 7.82. The number of carbonyl (C=O) groups excluding carboxylic acids is 1. The lowest BCUT2D eigenvalue weighted by Crippen LogP contribution is -2.37. The van der Waals surface area contributed by atoms with Crippen molar-refractivity contribution in [2.24, 2.45) is 5.92 Å². The van der Waals surface area contributed by atoms with Gasteiger partial charge < -0.3 is 14.6 Å². The Labute approximate surface area is 182 Å². The van der Waals surface area contributed by atoms with Gasteiger partial charge in [-0.05, 0) is 69.6 Å². The lowest BCUT2D eigenvalue weighted by molar-refractivity contribution is -0.121. The Morgan fingerprint density at radius 1 is 1.16 bits per heavy atom. The highest BCUT2D eigenvalue weighted by Gasteiger charge is 2.26. The van der Waals surface area contributed by atoms with Crippen molar-refractivity contribution < 1.29 is 14.1 Å². The highest BCUT2D eigenvalue weighted by atomic mass is 16.5. The van der Waals surface area contributed by atoms with Gasteiger partial charge in [-0.25, -0.2) is 0 Å². The molecular formula is C24H28N4O3. The van der Waals surface area contributed by atoms with E-state index in [0.29, 0.717) is 24.9 Å². The Bertz CT molecular complexity index is 1010. The maximum Gasteiger partial charge on any atom is 0.241 e. The van der Waals surface area contributed by atoms with E-state index in [9.17, 15) is 4.79 Å². The van der Waals surface area contributed by atoms with Crippen LogP contribution in [-0.2, 0) is 11.3 Å². The molecule has 0 saturated carbocycles. The molecule has 1 amide bonds. The third-order valence-corrected chi connectivity index (χ3v) is 5.60. The third-order valence-electron chi connectivity index (χ3n) is 5.60. The molecule has 7 nitrogen and oxygen atoms in total. The van der Waals surface area contributed by atoms with Crippen LogP contribution in [0.25, 0.3) is 11.4 Å². The van der Waals surface area contributed by atoms with Crippen LogP contribution in [0.15, 0.2) is 53.1 Å². The van der Waals surface area contributed by atoms with Gasteiger partial charge in [-0.3, -0.25) is 9.69 Å². The maximum atomic E-state index is 12.6. The summed E-state index contributed by atoms with van der Waals surface area (Å²) < 4.78 is 10.9. The van der Waals surface area contributed by atoms with Crippen LogP contribution in [0.2, 0.25) is 0 Å². The molecule has 162 valence electrons. The summed E-state index contributed by atoms with van der Waals surface area (Å²) >= 11 is 0. The summed E-state index contributed by atoms with van der Waals surface area (Å²) in [6, 6.07) is 15.5. The van der Waals surface area contributed by atoms with Crippen LogP contribution in [0, 0.1) is 12.8 Å². The van der Waals surface area contributed by atoms with E-state index in [0.717, 1.165) is 48.5 Å². The first kappa shape index (κ1) is 21.1. The van der Waals surface area contributed by atoms with Crippen molar-refractivity contribution in [1.29, 1.82) is 0 Å². The van der Waals surface area contributed by atoms with Gasteiger partial charge in [-0.2, -0.15) is 4.98 Å². The third kappa shape index (κ3) is 5.30. The molecule has 1 saturated heterocycles. The maximum absolute atomic E-state index is 12.6. The van der Waals surface area contributed by atoms with E-state index < -0.39 is 0 Å². The molecule has 7 heteroatoms. The van der Waals surface area contributed by atoms with Gasteiger partial charge in [0.1, 0.15) is 5.75 Å². The number of rotatable bonds is 7. The van der Waals surface area contributed by atoms with Crippen molar-refractivity contribution in [1.82, 2.24) is 15.0 Å². The normalized spacial score (nSPS) is 15.0. The highest BCUT2D eigenvalue weighted by molar-refractivity contribution is 5.92. The molecule has 0 aliphatic carbocycles. The number of amides is 1. The van der Waals surface area contributed by atoms with Crippen LogP contribution in [0.3, 0.4) is 0 Å². The Kier molecular flexibility index (Phi) is 6.62. The van der Waals surface area contributed by atoms with Gasteiger partial charge in [0.15, 0.2) is 0 Å². The number of piperidine rings is 1. The zero-order valence-electron chi connectivity index (χ0n) is 18.0. The van der Waals surface area contributed by atoms with Crippen LogP contribution in [-0.4, -0.2) is 40.6 Å². The zero-order valence-corrected chi connectivity index (χ0v) is 18.0. The number of hydrogen-bond acceptors (Lipinski definition) is 6. The smallest absolute Gasteiger partial charge is 0.241 e. The van der Waals surface area contributed by atoms with E-state index in [1.807, 2.05) is 62.4 Å². The summed E-state index contributed by atoms with van der Waals surface area (Å²) in [6.45, 7) is 6.86. The number of carbonyl (C=O) groups is 1. The standard InChI is InChI=1S/C24H28N4O3/c1-3-30-20-10-8-19(9-11-20)25-24(29)18-12-14-28(15-13-18)16-22-26-23(27-31-22)21-7-5-4-6-17(21)2/h4-11,18H,3,12-16H2,1-2H3,(H,25,29). The largest absolute Gasteiger partial charge is 0.494 e. The van der Waals surface area contributed by atoms with Crippen LogP contribution in [0.1, 0.15) is 31.2 Å². The molecule has 1 aliphatic rings. The molecule has 0 atom stereocenters. The fourth-order valence-corrected chi connectivity index (χ4v) is 3.84. The van der Waals surface area contributed by atoms with Crippen LogP contribution < -0.4 is 10.1 Å². The number of anilines is 1. The van der Waals surface area contributed by atoms with Crippen LogP contribution in [0.5, 0.6) is 5.75 Å². The summed E-state index contributed by atoms with van der Waals surface area (Å²) in [7, 11) is 0. The van der Waals surface area contributed by atoms with Crippen molar-refractivity contribution in [3.8, 4) is 17.1 Å². The topological polar surface area (TPSA) is 80.5 Å². The first-order valence-corrected chi connectivity index (χ1v) is 10.8. The minimum atomic E-state index is 0.00744. The molecule has 1 N–H and O–H groups in total. The fourth-order valence-electron chi connectivity index (χ4n) is 3.84. The van der Waals surface area contributed by atoms with E-state index in [-0.39, 0.29) is 11.8 Å². The molecule has 0 radical (unpaired) electrons. The first-order chi connectivity index (χ1) is 15.1. The number of nitrogens with zero attached hydrogens (tertiary/aromatic N) is 3. The molecule has 0 bridgehead atoms. The predicted octanol–water partition coefficient (Wildman–Crippen LogP) is 4.29. The molecule has 0 unspecified atom stereocenters. The van der Waals surface area contributed by atoms with Crippen LogP contribution >= 0.6 is 0 Å². The van der Waals surface area contributed by atoms with E-state index in [1.165, 1.54) is 0 Å². The Balaban J connectivity index is 1.27. The van der Waals surface area contributed by atoms with Crippen molar-refractivity contribution in [3.05, 3.63) is 60.0 Å². The number of likely N-dealkylation sites (tertiary alicyclic amines) is 1. The number of nitrogens with one attached hydrogen (secondary N) is 1. The van der Waals surface area contributed by atoms with E-state index in [1.54, 1.807) is 0 Å². The van der Waals surface area contributed by atoms with E-state index >= 15 is 0 Å². The predicted molar refractivity (Wildman–Crippen MR) is 119 cm³/mol. The summed E-state index contributed by atoms with van der Waals surface area (Å²) in [5, 5.41) is 7.15. The summed E-state index contributed by atoms with van der Waals surface area (Å²) in [5.41, 5.74) is 2.90. The van der Waals surface area contributed by atoms with Crippen molar-refractivity contribution >= 4 is 11.6 Å². The van der Waals surface area contributed by atoms with Gasteiger partial charge in [-0.1, -0.05) is 29.4 Å². The molecule has 2 heterocycles. The molecule has 1 aliphatic heterocycles. The van der Waals surface area contributed by atoms with Crippen molar-refractivity contribution in [2.75, 3.05) is 25.0 Å². The monoisotopic (exact) mass is 420 g/mol. The Hall–Kier alpha value is -3.19. The summed E-state index contributed by atoms with van der Waals surface area (Å²) in [5.74, 6) is 2.12. The van der Waals surface area contributed by atoms with Crippen molar-refractivity contribution in [3.63, 3.8) is 0 Å². The van der Waals surface area contributed by atoms with Gasteiger partial charge in [-0.15, -0.1) is 0 Å². The van der Waals surface area contributed by atoms with Crippen molar-refractivity contribution in [2.45, 2.75) is 33.2 Å². The molecule has 31 heavy (non-hydrogen) atoms. The lowest BCUT2D eigenvalue weighted by Gasteiger charge is -2.30. The summed E-state index contributed by atoms with van der Waals surface area (Å²) in [4.78, 5) is 19.4. The number of benzene rings is 2. The molecule has 4 rings (SSSR count).